The van der Waals surface area contributed by atoms with E-state index in [2.05, 4.69) is 31.0 Å². The Hall–Kier alpha value is -2.88. The minimum absolute atomic E-state index is 0.207. The summed E-state index contributed by atoms with van der Waals surface area (Å²) >= 11 is 0. The summed E-state index contributed by atoms with van der Waals surface area (Å²) in [5.74, 6) is 6.03. The van der Waals surface area contributed by atoms with Crippen molar-refractivity contribution in [3.63, 3.8) is 0 Å². The van der Waals surface area contributed by atoms with Crippen LogP contribution in [0.5, 0.6) is 0 Å². The Morgan fingerprint density at radius 2 is 2.03 bits per heavy atom. The van der Waals surface area contributed by atoms with Crippen molar-refractivity contribution in [2.45, 2.75) is 24.9 Å². The monoisotopic (exact) mass is 415 g/mol. The van der Waals surface area contributed by atoms with Crippen LogP contribution in [0.2, 0.25) is 0 Å². The first-order valence-electron chi connectivity index (χ1n) is 8.66. The van der Waals surface area contributed by atoms with Crippen molar-refractivity contribution in [2.75, 3.05) is 6.61 Å². The minimum atomic E-state index is -4.12. The van der Waals surface area contributed by atoms with Crippen LogP contribution in [0.15, 0.2) is 43.0 Å². The maximum absolute atomic E-state index is 11.0. The molecule has 1 aliphatic heterocycles. The van der Waals surface area contributed by atoms with E-state index in [0.29, 0.717) is 16.9 Å². The van der Waals surface area contributed by atoms with Crippen molar-refractivity contribution in [1.29, 1.82) is 0 Å². The molecule has 2 aromatic heterocycles. The maximum atomic E-state index is 11.0. The van der Waals surface area contributed by atoms with Gasteiger partial charge in [0.1, 0.15) is 29.9 Å². The van der Waals surface area contributed by atoms with E-state index in [0.717, 1.165) is 5.56 Å². The molecule has 0 saturated carbocycles. The number of rotatable bonds is 4. The zero-order valence-corrected chi connectivity index (χ0v) is 15.9. The van der Waals surface area contributed by atoms with E-state index in [9.17, 15) is 13.5 Å². The summed E-state index contributed by atoms with van der Waals surface area (Å²) in [6.07, 6.45) is 0.719. The lowest BCUT2D eigenvalue weighted by atomic mass is 10.2. The lowest BCUT2D eigenvalue weighted by Gasteiger charge is -2.15. The van der Waals surface area contributed by atoms with E-state index in [-0.39, 0.29) is 13.0 Å². The Bertz CT molecular complexity index is 1190. The van der Waals surface area contributed by atoms with Gasteiger partial charge >= 0.3 is 10.3 Å². The van der Waals surface area contributed by atoms with Crippen molar-refractivity contribution >= 4 is 21.5 Å². The van der Waals surface area contributed by atoms with Crippen LogP contribution in [0.4, 0.5) is 0 Å². The molecule has 1 fully saturated rings. The fourth-order valence-corrected chi connectivity index (χ4v) is 3.33. The summed E-state index contributed by atoms with van der Waals surface area (Å²) in [5.41, 5.74) is 2.30. The largest absolute Gasteiger partial charge is 0.390 e. The fourth-order valence-electron chi connectivity index (χ4n) is 3.00. The molecule has 10 nitrogen and oxygen atoms in total. The van der Waals surface area contributed by atoms with Crippen molar-refractivity contribution in [3.05, 3.63) is 54.2 Å². The zero-order chi connectivity index (χ0) is 20.4. The van der Waals surface area contributed by atoms with Crippen LogP contribution in [0.3, 0.4) is 0 Å². The first-order chi connectivity index (χ1) is 13.9. The van der Waals surface area contributed by atoms with Gasteiger partial charge in [0, 0.05) is 12.0 Å². The molecule has 0 aliphatic carbocycles. The summed E-state index contributed by atoms with van der Waals surface area (Å²) < 4.78 is 33.8. The summed E-state index contributed by atoms with van der Waals surface area (Å²) in [6.45, 7) is -0.383. The molecule has 29 heavy (non-hydrogen) atoms. The standard InChI is InChI=1S/C18H17N5O5S/c19-29(25,26)27-9-15-14(24)8-16(28-15)23-11-22-17-13(20-10-21-18(17)23)7-6-12-4-2-1-3-5-12/h1-5,10-11,14-16,24H,8-9H2,(H2,19,25,26)/t14-,15+,16+/m0/s1. The van der Waals surface area contributed by atoms with E-state index in [4.69, 9.17) is 9.88 Å². The molecule has 3 atom stereocenters. The number of hydrogen-bond acceptors (Lipinski definition) is 8. The van der Waals surface area contributed by atoms with Gasteiger partial charge in [0.25, 0.3) is 0 Å². The van der Waals surface area contributed by atoms with Crippen LogP contribution in [-0.2, 0) is 19.2 Å². The number of fused-ring (bicyclic) bond motifs is 1. The minimum Gasteiger partial charge on any atom is -0.390 e. The smallest absolute Gasteiger partial charge is 0.333 e. The van der Waals surface area contributed by atoms with Crippen molar-refractivity contribution in [2.24, 2.45) is 5.14 Å². The number of aromatic nitrogens is 4. The molecule has 11 heteroatoms. The second kappa shape index (κ2) is 7.86. The van der Waals surface area contributed by atoms with Crippen LogP contribution in [0.1, 0.15) is 23.9 Å². The molecule has 3 N–H and O–H groups in total. The Kier molecular flexibility index (Phi) is 5.27. The highest BCUT2D eigenvalue weighted by Gasteiger charge is 2.36. The molecule has 0 spiro atoms. The average molecular weight is 415 g/mol. The van der Waals surface area contributed by atoms with Crippen LogP contribution in [0.25, 0.3) is 11.2 Å². The predicted octanol–water partition coefficient (Wildman–Crippen LogP) is 0.0946. The molecule has 150 valence electrons. The van der Waals surface area contributed by atoms with Gasteiger partial charge < -0.3 is 9.84 Å². The SMILES string of the molecule is NS(=O)(=O)OC[C@H]1O[C@@H](n2cnc3c(C#Cc4ccccc4)ncnc32)C[C@@H]1O. The van der Waals surface area contributed by atoms with Gasteiger partial charge in [-0.05, 0) is 18.1 Å². The van der Waals surface area contributed by atoms with E-state index >= 15 is 0 Å². The number of imidazole rings is 1. The lowest BCUT2D eigenvalue weighted by Crippen LogP contribution is -2.30. The molecular weight excluding hydrogens is 398 g/mol. The fraction of sp³-hybridized carbons (Fsp3) is 0.278. The number of nitrogens with two attached hydrogens (primary N) is 1. The van der Waals surface area contributed by atoms with Gasteiger partial charge in [-0.2, -0.15) is 8.42 Å². The summed E-state index contributed by atoms with van der Waals surface area (Å²) in [5, 5.41) is 15.0. The first kappa shape index (κ1) is 19.4. The predicted molar refractivity (Wildman–Crippen MR) is 101 cm³/mol. The quantitative estimate of drug-likeness (QED) is 0.571. The highest BCUT2D eigenvalue weighted by Crippen LogP contribution is 2.31. The van der Waals surface area contributed by atoms with Crippen molar-refractivity contribution in [3.8, 4) is 11.8 Å². The number of aliphatic hydroxyl groups is 1. The second-order valence-corrected chi connectivity index (χ2v) is 7.59. The van der Waals surface area contributed by atoms with Gasteiger partial charge in [-0.3, -0.25) is 8.75 Å². The summed E-state index contributed by atoms with van der Waals surface area (Å²) in [6, 6.07) is 9.48. The van der Waals surface area contributed by atoms with Crippen LogP contribution >= 0.6 is 0 Å². The van der Waals surface area contributed by atoms with E-state index in [1.807, 2.05) is 30.3 Å². The van der Waals surface area contributed by atoms with Gasteiger partial charge in [-0.1, -0.05) is 24.1 Å². The molecular formula is C18H17N5O5S. The van der Waals surface area contributed by atoms with Gasteiger partial charge in [-0.25, -0.2) is 20.1 Å². The molecule has 0 bridgehead atoms. The number of hydrogen-bond donors (Lipinski definition) is 2. The normalized spacial score (nSPS) is 21.8. The Balaban J connectivity index is 1.58. The molecule has 4 rings (SSSR count). The first-order valence-corrected chi connectivity index (χ1v) is 10.1. The zero-order valence-electron chi connectivity index (χ0n) is 15.0. The maximum Gasteiger partial charge on any atom is 0.333 e. The third-order valence-electron chi connectivity index (χ3n) is 4.37. The number of benzene rings is 1. The topological polar surface area (TPSA) is 142 Å². The van der Waals surface area contributed by atoms with Crippen LogP contribution in [0, 0.1) is 11.8 Å². The molecule has 1 aromatic carbocycles. The van der Waals surface area contributed by atoms with Crippen molar-refractivity contribution in [1.82, 2.24) is 19.5 Å². The van der Waals surface area contributed by atoms with E-state index in [1.165, 1.54) is 12.7 Å². The summed E-state index contributed by atoms with van der Waals surface area (Å²) in [4.78, 5) is 12.8. The number of nitrogens with zero attached hydrogens (tertiary/aromatic N) is 4. The van der Waals surface area contributed by atoms with Gasteiger partial charge in [0.15, 0.2) is 5.65 Å². The molecule has 0 amide bonds. The molecule has 0 radical (unpaired) electrons. The Morgan fingerprint density at radius 1 is 1.24 bits per heavy atom. The summed E-state index contributed by atoms with van der Waals surface area (Å²) in [7, 11) is -4.12. The molecule has 1 aliphatic rings. The Morgan fingerprint density at radius 3 is 2.79 bits per heavy atom. The second-order valence-electron chi connectivity index (χ2n) is 6.37. The van der Waals surface area contributed by atoms with Gasteiger partial charge in [0.05, 0.1) is 19.0 Å². The highest BCUT2D eigenvalue weighted by molar-refractivity contribution is 7.84. The highest BCUT2D eigenvalue weighted by atomic mass is 32.2. The van der Waals surface area contributed by atoms with E-state index < -0.39 is 28.7 Å². The molecule has 1 saturated heterocycles. The van der Waals surface area contributed by atoms with Crippen LogP contribution < -0.4 is 5.14 Å². The van der Waals surface area contributed by atoms with E-state index in [1.54, 1.807) is 4.57 Å². The number of ether oxygens (including phenoxy) is 1. The van der Waals surface area contributed by atoms with Gasteiger partial charge in [0.2, 0.25) is 0 Å². The van der Waals surface area contributed by atoms with Crippen molar-refractivity contribution < 1.29 is 22.4 Å². The third-order valence-corrected chi connectivity index (χ3v) is 4.83. The average Bonchev–Trinajstić information content (AvgIpc) is 3.28. The molecule has 0 unspecified atom stereocenters. The van der Waals surface area contributed by atoms with Gasteiger partial charge in [-0.15, -0.1) is 0 Å². The third kappa shape index (κ3) is 4.42. The number of aliphatic hydroxyl groups excluding tert-OH is 1. The Labute approximate surface area is 166 Å². The lowest BCUT2D eigenvalue weighted by molar-refractivity contribution is -0.0371. The molecule has 3 heterocycles. The molecule has 3 aromatic rings. The van der Waals surface area contributed by atoms with Crippen LogP contribution in [-0.4, -0.2) is 51.9 Å².